The van der Waals surface area contributed by atoms with E-state index in [0.717, 1.165) is 16.8 Å². The minimum absolute atomic E-state index is 0.300. The van der Waals surface area contributed by atoms with Crippen molar-refractivity contribution in [1.82, 2.24) is 4.90 Å². The van der Waals surface area contributed by atoms with Gasteiger partial charge in [-0.25, -0.2) is 9.18 Å². The van der Waals surface area contributed by atoms with Crippen LogP contribution in [0.4, 0.5) is 9.18 Å². The van der Waals surface area contributed by atoms with Crippen molar-refractivity contribution in [1.29, 1.82) is 0 Å². The van der Waals surface area contributed by atoms with E-state index in [2.05, 4.69) is 13.2 Å². The predicted octanol–water partition coefficient (Wildman–Crippen LogP) is 4.21. The third-order valence-electron chi connectivity index (χ3n) is 3.80. The second-order valence-corrected chi connectivity index (χ2v) is 6.21. The van der Waals surface area contributed by atoms with Crippen molar-refractivity contribution in [2.45, 2.75) is 20.8 Å². The molecule has 1 fully saturated rings. The molecule has 0 unspecified atom stereocenters. The molecule has 0 spiro atoms. The molecule has 0 saturated carbocycles. The lowest BCUT2D eigenvalue weighted by atomic mass is 10.2. The molecule has 0 atom stereocenters. The van der Waals surface area contributed by atoms with Gasteiger partial charge in [0.2, 0.25) is 0 Å². The highest BCUT2D eigenvalue weighted by Gasteiger charge is 2.25. The molecule has 1 aromatic carbocycles. The lowest BCUT2D eigenvalue weighted by Crippen LogP contribution is -2.26. The van der Waals surface area contributed by atoms with E-state index in [0.29, 0.717) is 29.5 Å². The molecule has 1 aliphatic rings. The number of cyclic esters (lactones) is 1. The first-order valence-electron chi connectivity index (χ1n) is 8.62. The Labute approximate surface area is 158 Å². The lowest BCUT2D eigenvalue weighted by Gasteiger charge is -2.15. The number of halogens is 1. The number of carbonyl (C=O) groups excluding carboxylic acids is 1. The highest BCUT2D eigenvalue weighted by atomic mass is 19.1. The number of hydrogen-bond donors (Lipinski definition) is 0. The van der Waals surface area contributed by atoms with E-state index in [9.17, 15) is 9.18 Å². The number of benzene rings is 1. The summed E-state index contributed by atoms with van der Waals surface area (Å²) in [5, 5.41) is 0.695. The van der Waals surface area contributed by atoms with Gasteiger partial charge in [-0.05, 0) is 51.1 Å². The van der Waals surface area contributed by atoms with Crippen LogP contribution in [-0.2, 0) is 4.74 Å². The van der Waals surface area contributed by atoms with Gasteiger partial charge in [0, 0.05) is 22.6 Å². The Hall–Kier alpha value is -3.08. The molecule has 1 aliphatic heterocycles. The summed E-state index contributed by atoms with van der Waals surface area (Å²) >= 11 is 0. The normalized spacial score (nSPS) is 13.7. The second-order valence-electron chi connectivity index (χ2n) is 6.21. The Morgan fingerprint density at radius 2 is 1.89 bits per heavy atom. The molecule has 1 aromatic heterocycles. The third kappa shape index (κ3) is 4.97. The number of hydrogen-bond acceptors (Lipinski definition) is 3. The van der Waals surface area contributed by atoms with Crippen LogP contribution < -0.4 is 10.6 Å². The summed E-state index contributed by atoms with van der Waals surface area (Å²) in [5.41, 5.74) is 3.03. The van der Waals surface area contributed by atoms with Gasteiger partial charge in [-0.15, -0.1) is 6.58 Å². The van der Waals surface area contributed by atoms with Gasteiger partial charge in [0.1, 0.15) is 23.6 Å². The lowest BCUT2D eigenvalue weighted by molar-refractivity contribution is 0.165. The molecular formula is C22H24FNO3. The number of allylic oxidation sites excluding steroid dienone is 3. The van der Waals surface area contributed by atoms with E-state index < -0.39 is 0 Å². The van der Waals surface area contributed by atoms with Crippen LogP contribution in [-0.4, -0.2) is 24.1 Å². The van der Waals surface area contributed by atoms with Crippen molar-refractivity contribution < 1.29 is 18.3 Å². The minimum Gasteiger partial charge on any atom is -0.456 e. The number of rotatable bonds is 3. The van der Waals surface area contributed by atoms with E-state index in [1.807, 2.05) is 20.8 Å². The van der Waals surface area contributed by atoms with Crippen molar-refractivity contribution in [3.05, 3.63) is 70.7 Å². The van der Waals surface area contributed by atoms with E-state index in [1.54, 1.807) is 35.3 Å². The van der Waals surface area contributed by atoms with Crippen LogP contribution in [0.15, 0.2) is 58.7 Å². The topological polar surface area (TPSA) is 42.7 Å². The van der Waals surface area contributed by atoms with E-state index in [-0.39, 0.29) is 11.9 Å². The maximum atomic E-state index is 13.1. The zero-order valence-corrected chi connectivity index (χ0v) is 15.9. The van der Waals surface area contributed by atoms with Gasteiger partial charge in [-0.3, -0.25) is 4.90 Å². The highest BCUT2D eigenvalue weighted by Crippen LogP contribution is 2.19. The molecule has 27 heavy (non-hydrogen) atoms. The average molecular weight is 369 g/mol. The standard InChI is InChI=1S/C19H18FNO3.C3H6/c1-12(2)16(21-8-9-23-19(21)22)11-17-13(3)10-18(24-17)14-4-6-15(20)7-5-14;1-3-2/h4-7,10-11H,3,8-9H2,1-2H3;3H,1H2,2H3/b17-11+;. The van der Waals surface area contributed by atoms with Crippen LogP contribution in [0.2, 0.25) is 0 Å². The molecule has 142 valence electrons. The largest absolute Gasteiger partial charge is 0.456 e. The molecule has 4 nitrogen and oxygen atoms in total. The van der Waals surface area contributed by atoms with E-state index in [1.165, 1.54) is 12.1 Å². The number of amides is 1. The van der Waals surface area contributed by atoms with Crippen LogP contribution in [0.25, 0.3) is 24.0 Å². The van der Waals surface area contributed by atoms with E-state index >= 15 is 0 Å². The number of carbonyl (C=O) groups is 1. The van der Waals surface area contributed by atoms with Crippen LogP contribution >= 0.6 is 0 Å². The van der Waals surface area contributed by atoms with Gasteiger partial charge < -0.3 is 9.15 Å². The molecule has 2 heterocycles. The Kier molecular flexibility index (Phi) is 6.77. The summed E-state index contributed by atoms with van der Waals surface area (Å²) in [7, 11) is 0. The highest BCUT2D eigenvalue weighted by molar-refractivity contribution is 5.75. The Balaban J connectivity index is 0.000000817. The molecule has 0 bridgehead atoms. The number of nitrogens with zero attached hydrogens (tertiary/aromatic N) is 1. The third-order valence-corrected chi connectivity index (χ3v) is 3.80. The first-order valence-corrected chi connectivity index (χ1v) is 8.62. The zero-order valence-electron chi connectivity index (χ0n) is 15.9. The monoisotopic (exact) mass is 369 g/mol. The first-order chi connectivity index (χ1) is 12.9. The summed E-state index contributed by atoms with van der Waals surface area (Å²) in [4.78, 5) is 13.4. The van der Waals surface area contributed by atoms with Gasteiger partial charge in [-0.2, -0.15) is 0 Å². The summed E-state index contributed by atoms with van der Waals surface area (Å²) < 4.78 is 23.9. The first kappa shape index (κ1) is 20.2. The predicted molar refractivity (Wildman–Crippen MR) is 106 cm³/mol. The summed E-state index contributed by atoms with van der Waals surface area (Å²) in [6.07, 6.45) is 3.18. The molecule has 2 aromatic rings. The SMILES string of the molecule is C=CC.C=c1cc(-c2ccc(F)cc2)o/c1=C/C(=C(C)C)N1CCOC1=O. The van der Waals surface area contributed by atoms with Crippen molar-refractivity contribution >= 4 is 18.7 Å². The van der Waals surface area contributed by atoms with Crippen molar-refractivity contribution in [2.75, 3.05) is 13.2 Å². The molecule has 3 rings (SSSR count). The fraction of sp³-hybridized carbons (Fsp3) is 0.227. The number of ether oxygens (including phenoxy) is 1. The Morgan fingerprint density at radius 1 is 1.26 bits per heavy atom. The summed E-state index contributed by atoms with van der Waals surface area (Å²) in [5.74, 6) is 0.301. The maximum absolute atomic E-state index is 13.1. The molecular weight excluding hydrogens is 345 g/mol. The summed E-state index contributed by atoms with van der Waals surface area (Å²) in [6, 6.07) is 7.86. The fourth-order valence-corrected chi connectivity index (χ4v) is 2.55. The van der Waals surface area contributed by atoms with Gasteiger partial charge in [0.25, 0.3) is 0 Å². The van der Waals surface area contributed by atoms with Crippen LogP contribution in [0, 0.1) is 5.82 Å². The molecule has 5 heteroatoms. The summed E-state index contributed by atoms with van der Waals surface area (Å²) in [6.45, 7) is 14.0. The zero-order chi connectivity index (χ0) is 20.0. The van der Waals surface area contributed by atoms with Crippen molar-refractivity contribution in [2.24, 2.45) is 0 Å². The molecule has 1 amide bonds. The van der Waals surface area contributed by atoms with Crippen LogP contribution in [0.5, 0.6) is 0 Å². The van der Waals surface area contributed by atoms with Crippen molar-refractivity contribution in [3.8, 4) is 11.3 Å². The van der Waals surface area contributed by atoms with Crippen molar-refractivity contribution in [3.63, 3.8) is 0 Å². The average Bonchev–Trinajstić information content (AvgIpc) is 3.19. The minimum atomic E-state index is -0.363. The van der Waals surface area contributed by atoms with Crippen LogP contribution in [0.3, 0.4) is 0 Å². The fourth-order valence-electron chi connectivity index (χ4n) is 2.55. The van der Waals surface area contributed by atoms with Gasteiger partial charge in [-0.1, -0.05) is 18.2 Å². The molecule has 0 radical (unpaired) electrons. The van der Waals surface area contributed by atoms with Gasteiger partial charge in [0.15, 0.2) is 0 Å². The maximum Gasteiger partial charge on any atom is 0.414 e. The second kappa shape index (κ2) is 9.03. The van der Waals surface area contributed by atoms with E-state index in [4.69, 9.17) is 9.15 Å². The molecule has 1 saturated heterocycles. The van der Waals surface area contributed by atoms with Crippen LogP contribution in [0.1, 0.15) is 20.8 Å². The molecule has 0 N–H and O–H groups in total. The number of furan rings is 1. The smallest absolute Gasteiger partial charge is 0.414 e. The quantitative estimate of drug-likeness (QED) is 0.761. The van der Waals surface area contributed by atoms with Gasteiger partial charge >= 0.3 is 6.09 Å². The molecule has 0 aliphatic carbocycles. The Morgan fingerprint density at radius 3 is 2.41 bits per heavy atom. The Bertz CT molecular complexity index is 950. The van der Waals surface area contributed by atoms with Gasteiger partial charge in [0.05, 0.1) is 6.54 Å².